The molecule has 0 saturated carbocycles. The van der Waals surface area contributed by atoms with Crippen molar-refractivity contribution in [2.24, 2.45) is 0 Å². The summed E-state index contributed by atoms with van der Waals surface area (Å²) in [4.78, 5) is 2.16. The lowest BCUT2D eigenvalue weighted by atomic mass is 10.0. The van der Waals surface area contributed by atoms with Crippen molar-refractivity contribution in [2.75, 3.05) is 26.2 Å². The first-order valence-corrected chi connectivity index (χ1v) is 8.54. The van der Waals surface area contributed by atoms with Gasteiger partial charge in [-0.1, -0.05) is 23.7 Å². The van der Waals surface area contributed by atoms with E-state index in [0.29, 0.717) is 22.6 Å². The SMILES string of the molecule is Fc1cc(-c2ccc(Cl)cc2)c2cnn(CN3CCNCC3)c2c1F. The molecule has 0 spiro atoms. The van der Waals surface area contributed by atoms with Crippen molar-refractivity contribution < 1.29 is 8.78 Å². The maximum Gasteiger partial charge on any atom is 0.184 e. The number of hydrogen-bond donors (Lipinski definition) is 1. The Balaban J connectivity index is 1.80. The Morgan fingerprint density at radius 2 is 1.84 bits per heavy atom. The molecule has 1 N–H and O–H groups in total. The number of nitrogens with one attached hydrogen (secondary N) is 1. The molecular weight excluding hydrogens is 346 g/mol. The summed E-state index contributed by atoms with van der Waals surface area (Å²) in [6.07, 6.45) is 1.60. The van der Waals surface area contributed by atoms with Gasteiger partial charge in [0.25, 0.3) is 0 Å². The lowest BCUT2D eigenvalue weighted by Gasteiger charge is -2.27. The Morgan fingerprint density at radius 3 is 2.56 bits per heavy atom. The van der Waals surface area contributed by atoms with Crippen molar-refractivity contribution in [3.63, 3.8) is 0 Å². The van der Waals surface area contributed by atoms with Gasteiger partial charge in [-0.15, -0.1) is 0 Å². The van der Waals surface area contributed by atoms with Gasteiger partial charge in [0.2, 0.25) is 0 Å². The van der Waals surface area contributed by atoms with Crippen molar-refractivity contribution in [1.82, 2.24) is 20.0 Å². The first kappa shape index (κ1) is 16.4. The molecule has 0 bridgehead atoms. The van der Waals surface area contributed by atoms with Crippen LogP contribution in [0.4, 0.5) is 8.78 Å². The summed E-state index contributed by atoms with van der Waals surface area (Å²) in [5, 5.41) is 8.78. The Morgan fingerprint density at radius 1 is 1.12 bits per heavy atom. The molecule has 2 aromatic carbocycles. The van der Waals surface area contributed by atoms with Gasteiger partial charge >= 0.3 is 0 Å². The van der Waals surface area contributed by atoms with Crippen LogP contribution in [-0.4, -0.2) is 40.9 Å². The lowest BCUT2D eigenvalue weighted by molar-refractivity contribution is 0.186. The smallest absolute Gasteiger partial charge is 0.184 e. The molecule has 1 saturated heterocycles. The second kappa shape index (κ2) is 6.71. The third-order valence-electron chi connectivity index (χ3n) is 4.52. The van der Waals surface area contributed by atoms with Crippen LogP contribution in [0.25, 0.3) is 22.0 Å². The van der Waals surface area contributed by atoms with Crippen LogP contribution in [0.3, 0.4) is 0 Å². The van der Waals surface area contributed by atoms with E-state index in [-0.39, 0.29) is 5.52 Å². The topological polar surface area (TPSA) is 33.1 Å². The van der Waals surface area contributed by atoms with Gasteiger partial charge < -0.3 is 5.32 Å². The normalized spacial score (nSPS) is 15.8. The monoisotopic (exact) mass is 362 g/mol. The Hall–Kier alpha value is -2.02. The van der Waals surface area contributed by atoms with E-state index in [9.17, 15) is 8.78 Å². The maximum absolute atomic E-state index is 14.5. The highest BCUT2D eigenvalue weighted by atomic mass is 35.5. The molecule has 1 aliphatic rings. The van der Waals surface area contributed by atoms with Gasteiger partial charge in [0.15, 0.2) is 11.6 Å². The highest BCUT2D eigenvalue weighted by Gasteiger charge is 2.20. The molecule has 0 atom stereocenters. The minimum Gasteiger partial charge on any atom is -0.314 e. The van der Waals surface area contributed by atoms with E-state index in [1.165, 1.54) is 6.07 Å². The van der Waals surface area contributed by atoms with Gasteiger partial charge in [-0.05, 0) is 29.3 Å². The molecule has 0 aliphatic carbocycles. The van der Waals surface area contributed by atoms with E-state index in [2.05, 4.69) is 15.3 Å². The van der Waals surface area contributed by atoms with Crippen LogP contribution < -0.4 is 5.32 Å². The van der Waals surface area contributed by atoms with Crippen LogP contribution in [0, 0.1) is 11.6 Å². The van der Waals surface area contributed by atoms with Crippen LogP contribution in [0.5, 0.6) is 0 Å². The van der Waals surface area contributed by atoms with Crippen LogP contribution in [0.2, 0.25) is 5.02 Å². The van der Waals surface area contributed by atoms with Gasteiger partial charge in [0.05, 0.1) is 12.9 Å². The van der Waals surface area contributed by atoms with E-state index >= 15 is 0 Å². The minimum absolute atomic E-state index is 0.198. The summed E-state index contributed by atoms with van der Waals surface area (Å²) in [6, 6.07) is 8.27. The van der Waals surface area contributed by atoms with Gasteiger partial charge in [-0.2, -0.15) is 5.10 Å². The Labute approximate surface area is 149 Å². The fraction of sp³-hybridized carbons (Fsp3) is 0.278. The average molecular weight is 363 g/mol. The largest absolute Gasteiger partial charge is 0.314 e. The molecular formula is C18H17ClF2N4. The Kier molecular flexibility index (Phi) is 4.41. The molecule has 25 heavy (non-hydrogen) atoms. The van der Waals surface area contributed by atoms with E-state index in [0.717, 1.165) is 31.7 Å². The van der Waals surface area contributed by atoms with Crippen molar-refractivity contribution >= 4 is 22.5 Å². The van der Waals surface area contributed by atoms with Crippen LogP contribution in [0.1, 0.15) is 0 Å². The number of piperazine rings is 1. The lowest BCUT2D eigenvalue weighted by Crippen LogP contribution is -2.44. The molecule has 0 amide bonds. The molecule has 1 aliphatic heterocycles. The first-order valence-electron chi connectivity index (χ1n) is 8.16. The summed E-state index contributed by atoms with van der Waals surface area (Å²) in [7, 11) is 0. The summed E-state index contributed by atoms with van der Waals surface area (Å²) >= 11 is 5.93. The summed E-state index contributed by atoms with van der Waals surface area (Å²) < 4.78 is 30.3. The quantitative estimate of drug-likeness (QED) is 0.774. The molecule has 0 unspecified atom stereocenters. The third kappa shape index (κ3) is 3.13. The summed E-state index contributed by atoms with van der Waals surface area (Å²) in [5.74, 6) is -1.74. The molecule has 0 radical (unpaired) electrons. The highest BCUT2D eigenvalue weighted by Crippen LogP contribution is 2.32. The molecule has 1 aromatic heterocycles. The number of benzene rings is 2. The van der Waals surface area contributed by atoms with E-state index in [1.807, 2.05) is 0 Å². The molecule has 1 fully saturated rings. The van der Waals surface area contributed by atoms with Crippen molar-refractivity contribution in [3.8, 4) is 11.1 Å². The zero-order chi connectivity index (χ0) is 17.4. The molecule has 4 nitrogen and oxygen atoms in total. The van der Waals surface area contributed by atoms with Crippen molar-refractivity contribution in [2.45, 2.75) is 6.67 Å². The van der Waals surface area contributed by atoms with Crippen LogP contribution >= 0.6 is 11.6 Å². The van der Waals surface area contributed by atoms with Gasteiger partial charge in [0.1, 0.15) is 5.52 Å². The number of halogens is 3. The number of rotatable bonds is 3. The number of aromatic nitrogens is 2. The maximum atomic E-state index is 14.5. The van der Waals surface area contributed by atoms with Crippen molar-refractivity contribution in [1.29, 1.82) is 0 Å². The zero-order valence-corrected chi connectivity index (χ0v) is 14.2. The number of fused-ring (bicyclic) bond motifs is 1. The Bertz CT molecular complexity index is 902. The average Bonchev–Trinajstić information content (AvgIpc) is 3.04. The second-order valence-corrected chi connectivity index (χ2v) is 6.58. The summed E-state index contributed by atoms with van der Waals surface area (Å²) in [5.41, 5.74) is 1.58. The number of hydrogen-bond acceptors (Lipinski definition) is 3. The number of nitrogens with zero attached hydrogens (tertiary/aromatic N) is 3. The first-order chi connectivity index (χ1) is 12.1. The van der Waals surface area contributed by atoms with Gasteiger partial charge in [-0.25, -0.2) is 13.5 Å². The predicted octanol–water partition coefficient (Wildman–Crippen LogP) is 3.50. The van der Waals surface area contributed by atoms with Gasteiger partial charge in [0, 0.05) is 36.6 Å². The molecule has 7 heteroatoms. The third-order valence-corrected chi connectivity index (χ3v) is 4.77. The van der Waals surface area contributed by atoms with E-state index < -0.39 is 11.6 Å². The van der Waals surface area contributed by atoms with Crippen molar-refractivity contribution in [3.05, 3.63) is 53.2 Å². The fourth-order valence-corrected chi connectivity index (χ4v) is 3.34. The molecule has 4 rings (SSSR count). The predicted molar refractivity (Wildman–Crippen MR) is 94.5 cm³/mol. The second-order valence-electron chi connectivity index (χ2n) is 6.14. The standard InChI is InChI=1S/C18H17ClF2N4/c19-13-3-1-12(2-4-13)14-9-16(20)17(21)18-15(14)10-23-25(18)11-24-7-5-22-6-8-24/h1-4,9-10,22H,5-8,11H2. The van der Waals surface area contributed by atoms with Crippen LogP contribution in [0.15, 0.2) is 36.5 Å². The highest BCUT2D eigenvalue weighted by molar-refractivity contribution is 6.30. The molecule has 2 heterocycles. The zero-order valence-electron chi connectivity index (χ0n) is 13.5. The van der Waals surface area contributed by atoms with Crippen LogP contribution in [-0.2, 0) is 6.67 Å². The van der Waals surface area contributed by atoms with Gasteiger partial charge in [-0.3, -0.25) is 4.90 Å². The van der Waals surface area contributed by atoms with E-state index in [4.69, 9.17) is 11.6 Å². The molecule has 130 valence electrons. The molecule has 3 aromatic rings. The minimum atomic E-state index is -0.875. The van der Waals surface area contributed by atoms with E-state index in [1.54, 1.807) is 35.1 Å². The fourth-order valence-electron chi connectivity index (χ4n) is 3.21. The summed E-state index contributed by atoms with van der Waals surface area (Å²) in [6.45, 7) is 3.90.